The van der Waals surface area contributed by atoms with Crippen LogP contribution in [-0.2, 0) is 0 Å². The van der Waals surface area contributed by atoms with Crippen molar-refractivity contribution in [3.63, 3.8) is 0 Å². The molecule has 0 aliphatic heterocycles. The van der Waals surface area contributed by atoms with Gasteiger partial charge in [-0.3, -0.25) is 4.79 Å². The lowest BCUT2D eigenvalue weighted by molar-refractivity contribution is 0.0769. The van der Waals surface area contributed by atoms with Crippen LogP contribution in [0, 0.1) is 6.92 Å². The SMILES string of the molecule is Cc1ccc(C(=O)N(C)CCC(C)O)cc1Br. The molecule has 0 saturated carbocycles. The third kappa shape index (κ3) is 4.13. The quantitative estimate of drug-likeness (QED) is 0.928. The van der Waals surface area contributed by atoms with E-state index < -0.39 is 0 Å². The highest BCUT2D eigenvalue weighted by Gasteiger charge is 2.12. The third-order valence-corrected chi connectivity index (χ3v) is 3.50. The van der Waals surface area contributed by atoms with E-state index in [9.17, 15) is 9.90 Å². The molecule has 3 nitrogen and oxygen atoms in total. The van der Waals surface area contributed by atoms with Gasteiger partial charge in [0.2, 0.25) is 0 Å². The fourth-order valence-electron chi connectivity index (χ4n) is 1.43. The maximum Gasteiger partial charge on any atom is 0.253 e. The summed E-state index contributed by atoms with van der Waals surface area (Å²) in [4.78, 5) is 13.7. The van der Waals surface area contributed by atoms with E-state index in [-0.39, 0.29) is 12.0 Å². The second-order valence-electron chi connectivity index (χ2n) is 4.33. The maximum absolute atomic E-state index is 12.0. The molecule has 0 radical (unpaired) electrons. The van der Waals surface area contributed by atoms with E-state index >= 15 is 0 Å². The van der Waals surface area contributed by atoms with Gasteiger partial charge in [-0.2, -0.15) is 0 Å². The van der Waals surface area contributed by atoms with Crippen molar-refractivity contribution < 1.29 is 9.90 Å². The molecule has 94 valence electrons. The number of halogens is 1. The van der Waals surface area contributed by atoms with Crippen molar-refractivity contribution in [2.24, 2.45) is 0 Å². The molecular formula is C13H18BrNO2. The highest BCUT2D eigenvalue weighted by Crippen LogP contribution is 2.18. The zero-order valence-corrected chi connectivity index (χ0v) is 12.0. The monoisotopic (exact) mass is 299 g/mol. The van der Waals surface area contributed by atoms with Gasteiger partial charge in [0, 0.05) is 23.6 Å². The van der Waals surface area contributed by atoms with Crippen LogP contribution in [0.15, 0.2) is 22.7 Å². The van der Waals surface area contributed by atoms with Crippen molar-refractivity contribution in [3.05, 3.63) is 33.8 Å². The Balaban J connectivity index is 2.71. The van der Waals surface area contributed by atoms with Gasteiger partial charge in [-0.25, -0.2) is 0 Å². The van der Waals surface area contributed by atoms with Gasteiger partial charge in [0.05, 0.1) is 6.10 Å². The molecule has 0 spiro atoms. The van der Waals surface area contributed by atoms with Crippen LogP contribution in [-0.4, -0.2) is 35.6 Å². The summed E-state index contributed by atoms with van der Waals surface area (Å²) in [7, 11) is 1.75. The first kappa shape index (κ1) is 14.2. The molecule has 0 fully saturated rings. The van der Waals surface area contributed by atoms with Crippen LogP contribution in [0.5, 0.6) is 0 Å². The lowest BCUT2D eigenvalue weighted by Crippen LogP contribution is -2.29. The Hall–Kier alpha value is -0.870. The Morgan fingerprint density at radius 3 is 2.71 bits per heavy atom. The van der Waals surface area contributed by atoms with E-state index in [4.69, 9.17) is 0 Å². The lowest BCUT2D eigenvalue weighted by Gasteiger charge is -2.18. The van der Waals surface area contributed by atoms with Gasteiger partial charge in [-0.1, -0.05) is 22.0 Å². The summed E-state index contributed by atoms with van der Waals surface area (Å²) >= 11 is 3.41. The second kappa shape index (κ2) is 6.17. The molecular weight excluding hydrogens is 282 g/mol. The summed E-state index contributed by atoms with van der Waals surface area (Å²) in [5, 5.41) is 9.19. The number of carbonyl (C=O) groups excluding carboxylic acids is 1. The topological polar surface area (TPSA) is 40.5 Å². The minimum absolute atomic E-state index is 0.0219. The highest BCUT2D eigenvalue weighted by molar-refractivity contribution is 9.10. The first-order valence-electron chi connectivity index (χ1n) is 5.61. The number of rotatable bonds is 4. The predicted molar refractivity (Wildman–Crippen MR) is 72.1 cm³/mol. The van der Waals surface area contributed by atoms with Crippen molar-refractivity contribution >= 4 is 21.8 Å². The Bertz CT molecular complexity index is 404. The van der Waals surface area contributed by atoms with Crippen molar-refractivity contribution in [2.45, 2.75) is 26.4 Å². The van der Waals surface area contributed by atoms with Crippen LogP contribution >= 0.6 is 15.9 Å². The number of amides is 1. The summed E-state index contributed by atoms with van der Waals surface area (Å²) in [5.74, 6) is -0.0219. The Kier molecular flexibility index (Phi) is 5.15. The summed E-state index contributed by atoms with van der Waals surface area (Å²) in [6.45, 7) is 4.26. The number of nitrogens with zero attached hydrogens (tertiary/aromatic N) is 1. The van der Waals surface area contributed by atoms with Crippen LogP contribution < -0.4 is 0 Å². The molecule has 1 atom stereocenters. The predicted octanol–water partition coefficient (Wildman–Crippen LogP) is 2.60. The second-order valence-corrected chi connectivity index (χ2v) is 5.18. The van der Waals surface area contributed by atoms with Gasteiger partial charge in [-0.05, 0) is 38.0 Å². The van der Waals surface area contributed by atoms with E-state index in [0.717, 1.165) is 10.0 Å². The summed E-state index contributed by atoms with van der Waals surface area (Å²) in [6, 6.07) is 5.57. The van der Waals surface area contributed by atoms with Gasteiger partial charge >= 0.3 is 0 Å². The van der Waals surface area contributed by atoms with Gasteiger partial charge in [0.1, 0.15) is 0 Å². The maximum atomic E-state index is 12.0. The molecule has 0 heterocycles. The van der Waals surface area contributed by atoms with Crippen molar-refractivity contribution in [1.82, 2.24) is 4.90 Å². The number of aliphatic hydroxyl groups is 1. The summed E-state index contributed by atoms with van der Waals surface area (Å²) < 4.78 is 0.937. The zero-order chi connectivity index (χ0) is 13.0. The summed E-state index contributed by atoms with van der Waals surface area (Å²) in [6.07, 6.45) is 0.213. The molecule has 1 aromatic carbocycles. The van der Waals surface area contributed by atoms with E-state index in [1.54, 1.807) is 18.9 Å². The minimum atomic E-state index is -0.380. The average molecular weight is 300 g/mol. The van der Waals surface area contributed by atoms with Crippen LogP contribution in [0.4, 0.5) is 0 Å². The van der Waals surface area contributed by atoms with E-state index in [1.807, 2.05) is 25.1 Å². The van der Waals surface area contributed by atoms with Gasteiger partial charge < -0.3 is 10.0 Å². The Morgan fingerprint density at radius 2 is 2.18 bits per heavy atom. The van der Waals surface area contributed by atoms with Crippen molar-refractivity contribution in [1.29, 1.82) is 0 Å². The van der Waals surface area contributed by atoms with E-state index in [2.05, 4.69) is 15.9 Å². The van der Waals surface area contributed by atoms with E-state index in [1.165, 1.54) is 0 Å². The van der Waals surface area contributed by atoms with Gasteiger partial charge in [0.25, 0.3) is 5.91 Å². The molecule has 0 bridgehead atoms. The molecule has 0 saturated heterocycles. The van der Waals surface area contributed by atoms with Gasteiger partial charge in [-0.15, -0.1) is 0 Å². The molecule has 4 heteroatoms. The van der Waals surface area contributed by atoms with Crippen LogP contribution in [0.25, 0.3) is 0 Å². The third-order valence-electron chi connectivity index (χ3n) is 2.65. The molecule has 0 aliphatic carbocycles. The standard InChI is InChI=1S/C13H18BrNO2/c1-9-4-5-11(8-12(9)14)13(17)15(3)7-6-10(2)16/h4-5,8,10,16H,6-7H2,1-3H3. The number of carbonyl (C=O) groups is 1. The first-order valence-corrected chi connectivity index (χ1v) is 6.40. The minimum Gasteiger partial charge on any atom is -0.393 e. The molecule has 1 aromatic rings. The zero-order valence-electron chi connectivity index (χ0n) is 10.4. The molecule has 17 heavy (non-hydrogen) atoms. The highest BCUT2D eigenvalue weighted by atomic mass is 79.9. The molecule has 1 N–H and O–H groups in total. The van der Waals surface area contributed by atoms with Crippen molar-refractivity contribution in [2.75, 3.05) is 13.6 Å². The number of hydrogen-bond donors (Lipinski definition) is 1. The number of benzene rings is 1. The average Bonchev–Trinajstić information content (AvgIpc) is 2.28. The largest absolute Gasteiger partial charge is 0.393 e. The van der Waals surface area contributed by atoms with E-state index in [0.29, 0.717) is 18.5 Å². The molecule has 0 aromatic heterocycles. The fraction of sp³-hybridized carbons (Fsp3) is 0.462. The smallest absolute Gasteiger partial charge is 0.253 e. The molecule has 0 aliphatic rings. The summed E-state index contributed by atoms with van der Waals surface area (Å²) in [5.41, 5.74) is 1.77. The van der Waals surface area contributed by atoms with Crippen LogP contribution in [0.1, 0.15) is 29.3 Å². The first-order chi connectivity index (χ1) is 7.91. The van der Waals surface area contributed by atoms with Crippen molar-refractivity contribution in [3.8, 4) is 0 Å². The van der Waals surface area contributed by atoms with Crippen LogP contribution in [0.3, 0.4) is 0 Å². The number of aliphatic hydroxyl groups excluding tert-OH is 1. The molecule has 1 amide bonds. The normalized spacial score (nSPS) is 12.3. The lowest BCUT2D eigenvalue weighted by atomic mass is 10.1. The Labute approximate surface area is 111 Å². The Morgan fingerprint density at radius 1 is 1.53 bits per heavy atom. The number of aryl methyl sites for hydroxylation is 1. The molecule has 1 rings (SSSR count). The van der Waals surface area contributed by atoms with Crippen LogP contribution in [0.2, 0.25) is 0 Å². The van der Waals surface area contributed by atoms with Gasteiger partial charge in [0.15, 0.2) is 0 Å². The number of hydrogen-bond acceptors (Lipinski definition) is 2. The fourth-order valence-corrected chi connectivity index (χ4v) is 1.81. The molecule has 1 unspecified atom stereocenters.